The van der Waals surface area contributed by atoms with Crippen LogP contribution in [0.2, 0.25) is 0 Å². The van der Waals surface area contributed by atoms with Crippen LogP contribution in [0, 0.1) is 23.2 Å². The van der Waals surface area contributed by atoms with Crippen molar-refractivity contribution >= 4 is 0 Å². The number of fused-ring (bicyclic) bond motifs is 5. The molecule has 0 heterocycles. The third kappa shape index (κ3) is 4.30. The summed E-state index contributed by atoms with van der Waals surface area (Å²) in [4.78, 5) is 0. The van der Waals surface area contributed by atoms with E-state index < -0.39 is 6.08 Å². The van der Waals surface area contributed by atoms with Crippen molar-refractivity contribution in [1.29, 1.82) is 0 Å². The molecule has 1 unspecified atom stereocenters. The molecule has 5 atom stereocenters. The summed E-state index contributed by atoms with van der Waals surface area (Å²) < 4.78 is 34.2. The first-order chi connectivity index (χ1) is 16.5. The highest BCUT2D eigenvalue weighted by Crippen LogP contribution is 2.66. The number of halogens is 2. The number of unbranched alkanes of at least 4 members (excludes halogenated alkanes) is 1. The Morgan fingerprint density at radius 2 is 1.91 bits per heavy atom. The van der Waals surface area contributed by atoms with Crippen molar-refractivity contribution in [2.45, 2.75) is 70.8 Å². The van der Waals surface area contributed by atoms with Crippen molar-refractivity contribution in [3.8, 4) is 5.75 Å². The van der Waals surface area contributed by atoms with E-state index in [0.717, 1.165) is 56.3 Å². The van der Waals surface area contributed by atoms with Crippen LogP contribution in [0.15, 0.2) is 60.2 Å². The molecule has 34 heavy (non-hydrogen) atoms. The van der Waals surface area contributed by atoms with Gasteiger partial charge in [0.05, 0.1) is 0 Å². The second-order valence-corrected chi connectivity index (χ2v) is 10.8. The van der Waals surface area contributed by atoms with Gasteiger partial charge in [-0.05, 0) is 103 Å². The number of aliphatic hydroxyl groups is 1. The van der Waals surface area contributed by atoms with E-state index in [2.05, 4.69) is 37.3 Å². The van der Waals surface area contributed by atoms with Gasteiger partial charge < -0.3 is 9.84 Å². The monoisotopic (exact) mass is 466 g/mol. The molecule has 2 saturated carbocycles. The van der Waals surface area contributed by atoms with Gasteiger partial charge >= 0.3 is 0 Å². The largest absolute Gasteiger partial charge is 0.489 e. The van der Waals surface area contributed by atoms with E-state index in [-0.39, 0.29) is 12.0 Å². The number of ether oxygens (including phenoxy) is 1. The maximum atomic E-state index is 14.0. The highest BCUT2D eigenvalue weighted by Gasteiger charge is 2.57. The summed E-state index contributed by atoms with van der Waals surface area (Å²) in [6.07, 6.45) is 5.61. The average Bonchev–Trinajstić information content (AvgIpc) is 3.16. The van der Waals surface area contributed by atoms with Gasteiger partial charge in [-0.25, -0.2) is 0 Å². The Hall–Kier alpha value is -2.20. The lowest BCUT2D eigenvalue weighted by Crippen LogP contribution is -2.42. The fraction of sp³-hybridized carbons (Fsp3) is 0.533. The number of hydrogen-bond acceptors (Lipinski definition) is 2. The molecule has 0 aliphatic heterocycles. The fourth-order valence-electron chi connectivity index (χ4n) is 7.58. The van der Waals surface area contributed by atoms with E-state index in [1.165, 1.54) is 11.1 Å². The van der Waals surface area contributed by atoms with Gasteiger partial charge in [-0.3, -0.25) is 0 Å². The van der Waals surface area contributed by atoms with Crippen LogP contribution in [-0.4, -0.2) is 11.7 Å². The smallest absolute Gasteiger partial charge is 0.270 e. The van der Waals surface area contributed by atoms with Crippen molar-refractivity contribution in [3.63, 3.8) is 0 Å². The number of allylic oxidation sites excluding steroid dienone is 1. The van der Waals surface area contributed by atoms with E-state index in [9.17, 15) is 13.9 Å². The lowest BCUT2D eigenvalue weighted by molar-refractivity contribution is 0.0446. The van der Waals surface area contributed by atoms with Gasteiger partial charge in [-0.15, -0.1) is 0 Å². The molecular formula is C30H36F2O2. The first-order valence-corrected chi connectivity index (χ1v) is 13.0. The van der Waals surface area contributed by atoms with Gasteiger partial charge in [-0.2, -0.15) is 8.78 Å². The Kier molecular flexibility index (Phi) is 6.79. The highest BCUT2D eigenvalue weighted by molar-refractivity contribution is 5.42. The van der Waals surface area contributed by atoms with Crippen LogP contribution < -0.4 is 4.74 Å². The first-order valence-electron chi connectivity index (χ1n) is 13.0. The van der Waals surface area contributed by atoms with Crippen LogP contribution >= 0.6 is 0 Å². The molecule has 2 aromatic carbocycles. The molecule has 3 aliphatic carbocycles. The van der Waals surface area contributed by atoms with Crippen molar-refractivity contribution < 1.29 is 18.6 Å². The SMILES string of the molecule is C[C@]12CC[C@@H]3c4ccc(OCc5ccccc5)cc4CC[C@H]3[C@@H]1C(CCCCO)CC2=C(F)F. The van der Waals surface area contributed by atoms with E-state index in [4.69, 9.17) is 4.74 Å². The Balaban J connectivity index is 1.37. The molecule has 2 nitrogen and oxygen atoms in total. The van der Waals surface area contributed by atoms with Crippen LogP contribution in [0.4, 0.5) is 8.78 Å². The zero-order valence-corrected chi connectivity index (χ0v) is 20.1. The Labute approximate surface area is 202 Å². The van der Waals surface area contributed by atoms with Crippen LogP contribution in [-0.2, 0) is 13.0 Å². The molecule has 0 amide bonds. The predicted octanol–water partition coefficient (Wildman–Crippen LogP) is 7.66. The molecule has 0 saturated heterocycles. The van der Waals surface area contributed by atoms with Gasteiger partial charge in [0.1, 0.15) is 12.4 Å². The maximum absolute atomic E-state index is 14.0. The minimum absolute atomic E-state index is 0.183. The summed E-state index contributed by atoms with van der Waals surface area (Å²) in [6.45, 7) is 2.86. The second-order valence-electron chi connectivity index (χ2n) is 10.8. The van der Waals surface area contributed by atoms with E-state index in [1.54, 1.807) is 0 Å². The number of aliphatic hydroxyl groups excluding tert-OH is 1. The van der Waals surface area contributed by atoms with Gasteiger partial charge in [0.25, 0.3) is 6.08 Å². The predicted molar refractivity (Wildman–Crippen MR) is 131 cm³/mol. The van der Waals surface area contributed by atoms with E-state index >= 15 is 0 Å². The highest BCUT2D eigenvalue weighted by atomic mass is 19.3. The van der Waals surface area contributed by atoms with Crippen molar-refractivity contribution in [1.82, 2.24) is 0 Å². The van der Waals surface area contributed by atoms with Crippen molar-refractivity contribution in [2.24, 2.45) is 23.2 Å². The number of hydrogen-bond donors (Lipinski definition) is 1. The van der Waals surface area contributed by atoms with Crippen LogP contribution in [0.5, 0.6) is 5.75 Å². The molecule has 1 N–H and O–H groups in total. The molecule has 5 rings (SSSR count). The normalized spacial score (nSPS) is 29.8. The standard InChI is InChI=1S/C30H36F2O2/c1-30-15-14-25-24-13-11-23(34-19-20-7-3-2-4-8-20)17-21(24)10-12-26(25)28(30)22(9-5-6-16-33)18-27(30)29(31)32/h2-4,7-8,11,13,17,22,25-26,28,33H,5-6,9-10,12,14-16,18-19H2,1H3/t22?,25-,26-,28+,30-/m1/s1. The van der Waals surface area contributed by atoms with E-state index in [1.807, 2.05) is 18.2 Å². The van der Waals surface area contributed by atoms with Crippen molar-refractivity contribution in [2.75, 3.05) is 6.61 Å². The van der Waals surface area contributed by atoms with Gasteiger partial charge in [-0.1, -0.05) is 49.7 Å². The quantitative estimate of drug-likeness (QED) is 0.425. The molecule has 3 aliphatic rings. The Bertz CT molecular complexity index is 1030. The van der Waals surface area contributed by atoms with E-state index in [0.29, 0.717) is 42.3 Å². The number of aryl methyl sites for hydroxylation is 1. The van der Waals surface area contributed by atoms with Crippen molar-refractivity contribution in [3.05, 3.63) is 76.9 Å². The molecule has 182 valence electrons. The average molecular weight is 467 g/mol. The molecule has 2 aromatic rings. The minimum Gasteiger partial charge on any atom is -0.489 e. The third-order valence-electron chi connectivity index (χ3n) is 9.07. The lowest BCUT2D eigenvalue weighted by Gasteiger charge is -2.51. The summed E-state index contributed by atoms with van der Waals surface area (Å²) in [6, 6.07) is 16.8. The molecule has 4 heteroatoms. The van der Waals surface area contributed by atoms with Crippen LogP contribution in [0.25, 0.3) is 0 Å². The summed E-state index contributed by atoms with van der Waals surface area (Å²) in [5.74, 6) is 2.43. The summed E-state index contributed by atoms with van der Waals surface area (Å²) in [5, 5.41) is 9.25. The van der Waals surface area contributed by atoms with Gasteiger partial charge in [0.2, 0.25) is 0 Å². The first kappa shape index (κ1) is 23.5. The third-order valence-corrected chi connectivity index (χ3v) is 9.07. The maximum Gasteiger partial charge on any atom is 0.270 e. The summed E-state index contributed by atoms with van der Waals surface area (Å²) in [5.41, 5.74) is 4.00. The fourth-order valence-corrected chi connectivity index (χ4v) is 7.58. The molecular weight excluding hydrogens is 430 g/mol. The summed E-state index contributed by atoms with van der Waals surface area (Å²) >= 11 is 0. The molecule has 0 spiro atoms. The zero-order valence-electron chi connectivity index (χ0n) is 20.1. The molecule has 2 fully saturated rings. The van der Waals surface area contributed by atoms with Crippen LogP contribution in [0.3, 0.4) is 0 Å². The second kappa shape index (κ2) is 9.81. The minimum atomic E-state index is -1.44. The zero-order chi connectivity index (χ0) is 23.7. The Morgan fingerprint density at radius 3 is 2.68 bits per heavy atom. The topological polar surface area (TPSA) is 29.5 Å². The Morgan fingerprint density at radius 1 is 1.09 bits per heavy atom. The van der Waals surface area contributed by atoms with Gasteiger partial charge in [0, 0.05) is 12.2 Å². The van der Waals surface area contributed by atoms with Gasteiger partial charge in [0.15, 0.2) is 0 Å². The van der Waals surface area contributed by atoms with Crippen LogP contribution in [0.1, 0.15) is 74.5 Å². The number of rotatable bonds is 7. The molecule has 0 aromatic heterocycles. The number of benzene rings is 2. The molecule has 0 bridgehead atoms. The molecule has 0 radical (unpaired) electrons. The summed E-state index contributed by atoms with van der Waals surface area (Å²) in [7, 11) is 0. The lowest BCUT2D eigenvalue weighted by atomic mass is 9.53.